The van der Waals surface area contributed by atoms with Crippen molar-refractivity contribution in [2.24, 2.45) is 17.3 Å². The molecule has 7 aliphatic rings. The highest BCUT2D eigenvalue weighted by atomic mass is 16.6. The van der Waals surface area contributed by atoms with E-state index in [-0.39, 0.29) is 29.0 Å². The number of hydrogen-bond donors (Lipinski definition) is 0. The van der Waals surface area contributed by atoms with E-state index >= 15 is 0 Å². The largest absolute Gasteiger partial charge is 0.486 e. The number of nitrogens with zero attached hydrogens (tertiary/aromatic N) is 1. The van der Waals surface area contributed by atoms with E-state index in [9.17, 15) is 0 Å². The van der Waals surface area contributed by atoms with Gasteiger partial charge in [-0.3, -0.25) is 4.90 Å². The fraction of sp³-hybridized carbons (Fsp3) is 0.714. The molecule has 1 saturated heterocycles. The van der Waals surface area contributed by atoms with Gasteiger partial charge in [0.25, 0.3) is 0 Å². The fourth-order valence-electron chi connectivity index (χ4n) is 11.0. The maximum absolute atomic E-state index is 7.24. The number of fused-ring (bicyclic) bond motifs is 2. The summed E-state index contributed by atoms with van der Waals surface area (Å²) in [5.74, 6) is 2.07. The number of likely N-dealkylation sites (tertiary alicyclic amines) is 1. The third-order valence-corrected chi connectivity index (χ3v) is 13.2. The first-order valence-corrected chi connectivity index (χ1v) is 19.8. The Hall–Kier alpha value is -2.12. The second-order valence-electron chi connectivity index (χ2n) is 15.8. The van der Waals surface area contributed by atoms with Crippen molar-refractivity contribution in [1.29, 1.82) is 0 Å². The summed E-state index contributed by atoms with van der Waals surface area (Å²) >= 11 is 0. The number of piperidine rings is 1. The van der Waals surface area contributed by atoms with Crippen LogP contribution < -0.4 is 4.74 Å². The van der Waals surface area contributed by atoms with Gasteiger partial charge in [-0.2, -0.15) is 0 Å². The third kappa shape index (κ3) is 6.64. The molecule has 7 unspecified atom stereocenters. The molecule has 52 heavy (non-hydrogen) atoms. The van der Waals surface area contributed by atoms with Gasteiger partial charge in [0.05, 0.1) is 90.8 Å². The van der Waals surface area contributed by atoms with E-state index in [1.165, 1.54) is 29.5 Å². The van der Waals surface area contributed by atoms with Crippen molar-refractivity contribution in [1.82, 2.24) is 4.90 Å². The molecule has 0 radical (unpaired) electrons. The summed E-state index contributed by atoms with van der Waals surface area (Å²) in [6.45, 7) is 8.82. The molecular weight excluding hydrogens is 662 g/mol. The molecule has 10 nitrogen and oxygen atoms in total. The molecule has 7 atom stereocenters. The maximum Gasteiger partial charge on any atom is 0.141 e. The van der Waals surface area contributed by atoms with Gasteiger partial charge in [-0.1, -0.05) is 42.5 Å². The van der Waals surface area contributed by atoms with Gasteiger partial charge in [0.2, 0.25) is 0 Å². The van der Waals surface area contributed by atoms with E-state index in [0.717, 1.165) is 50.4 Å². The van der Waals surface area contributed by atoms with Crippen LogP contribution in [0.1, 0.15) is 48.8 Å². The van der Waals surface area contributed by atoms with Crippen LogP contribution in [0.2, 0.25) is 0 Å². The van der Waals surface area contributed by atoms with Gasteiger partial charge < -0.3 is 42.6 Å². The molecule has 2 aliphatic heterocycles. The Labute approximate surface area is 309 Å². The first-order valence-electron chi connectivity index (χ1n) is 19.8. The SMILES string of the molecule is COCCOCCOCCOCCOCCOC1CN(CC2CC2)C2Cc3cccc4c3C13C(O4)C1(OC)CCC23CC1COCc1ccccc1. The summed E-state index contributed by atoms with van der Waals surface area (Å²) < 4.78 is 55.4. The monoisotopic (exact) mass is 721 g/mol. The van der Waals surface area contributed by atoms with Crippen molar-refractivity contribution in [2.45, 2.75) is 74.4 Å². The summed E-state index contributed by atoms with van der Waals surface area (Å²) in [4.78, 5) is 2.84. The highest BCUT2D eigenvalue weighted by molar-refractivity contribution is 5.59. The van der Waals surface area contributed by atoms with Crippen molar-refractivity contribution in [3.63, 3.8) is 0 Å². The predicted molar refractivity (Wildman–Crippen MR) is 195 cm³/mol. The fourth-order valence-corrected chi connectivity index (χ4v) is 11.0. The Morgan fingerprint density at radius 2 is 1.48 bits per heavy atom. The molecule has 10 heteroatoms. The Morgan fingerprint density at radius 3 is 2.17 bits per heavy atom. The van der Waals surface area contributed by atoms with Gasteiger partial charge in [0, 0.05) is 50.2 Å². The second kappa shape index (κ2) is 16.3. The molecule has 9 rings (SSSR count). The molecule has 0 N–H and O–H groups in total. The number of ether oxygens (including phenoxy) is 9. The van der Waals surface area contributed by atoms with Crippen molar-refractivity contribution < 1.29 is 42.6 Å². The third-order valence-electron chi connectivity index (χ3n) is 13.2. The molecule has 2 heterocycles. The van der Waals surface area contributed by atoms with Gasteiger partial charge >= 0.3 is 0 Å². The van der Waals surface area contributed by atoms with Crippen molar-refractivity contribution >= 4 is 0 Å². The lowest BCUT2D eigenvalue weighted by molar-refractivity contribution is -0.309. The smallest absolute Gasteiger partial charge is 0.141 e. The number of methoxy groups -OCH3 is 2. The topological polar surface area (TPSA) is 86.3 Å². The number of rotatable bonds is 23. The van der Waals surface area contributed by atoms with Gasteiger partial charge in [0.15, 0.2) is 0 Å². The molecular formula is C42H59NO9. The van der Waals surface area contributed by atoms with E-state index in [1.807, 2.05) is 7.11 Å². The summed E-state index contributed by atoms with van der Waals surface area (Å²) in [6, 6.07) is 17.7. The highest BCUT2D eigenvalue weighted by Crippen LogP contribution is 2.76. The molecule has 2 spiro atoms. The van der Waals surface area contributed by atoms with Crippen LogP contribution in [0.3, 0.4) is 0 Å². The van der Waals surface area contributed by atoms with E-state index in [2.05, 4.69) is 53.4 Å². The summed E-state index contributed by atoms with van der Waals surface area (Å²) in [5.41, 5.74) is 3.35. The zero-order valence-corrected chi connectivity index (χ0v) is 31.3. The quantitative estimate of drug-likeness (QED) is 0.149. The second-order valence-corrected chi connectivity index (χ2v) is 15.8. The Bertz CT molecular complexity index is 1460. The number of benzene rings is 2. The van der Waals surface area contributed by atoms with E-state index in [0.29, 0.717) is 85.3 Å². The van der Waals surface area contributed by atoms with Gasteiger partial charge in [-0.15, -0.1) is 0 Å². The molecule has 0 aromatic heterocycles. The van der Waals surface area contributed by atoms with Crippen molar-refractivity contribution in [3.8, 4) is 5.75 Å². The standard InChI is InChI=1S/C42H59NO9/c1-44-15-16-46-17-18-47-19-20-48-21-22-49-23-24-51-37-28-43(27-31-11-12-31)36-25-33-9-6-10-35-38(33)42(37)39(52-35)41(45-2)14-13-40(36,42)26-34(41)30-50-29-32-7-4-3-5-8-32/h3-10,31,34,36-37,39H,11-30H2,1-2H3. The average Bonchev–Trinajstić information content (AvgIpc) is 3.91. The minimum Gasteiger partial charge on any atom is -0.486 e. The molecule has 2 aromatic carbocycles. The van der Waals surface area contributed by atoms with E-state index < -0.39 is 5.60 Å². The Balaban J connectivity index is 0.951. The van der Waals surface area contributed by atoms with Crippen molar-refractivity contribution in [2.75, 3.05) is 100.0 Å². The number of hydrogen-bond acceptors (Lipinski definition) is 10. The van der Waals surface area contributed by atoms with Crippen LogP contribution >= 0.6 is 0 Å². The molecule has 286 valence electrons. The highest BCUT2D eigenvalue weighted by Gasteiger charge is 2.83. The summed E-state index contributed by atoms with van der Waals surface area (Å²) in [6.07, 6.45) is 6.77. The normalized spacial score (nSPS) is 32.6. The van der Waals surface area contributed by atoms with Crippen LogP contribution in [0, 0.1) is 17.3 Å². The predicted octanol–water partition coefficient (Wildman–Crippen LogP) is 4.84. The zero-order valence-electron chi connectivity index (χ0n) is 31.3. The van der Waals surface area contributed by atoms with Crippen molar-refractivity contribution in [3.05, 3.63) is 65.2 Å². The minimum absolute atomic E-state index is 0.0168. The van der Waals surface area contributed by atoms with E-state index in [4.69, 9.17) is 42.6 Å². The first-order chi connectivity index (χ1) is 25.7. The summed E-state index contributed by atoms with van der Waals surface area (Å²) in [5, 5.41) is 0. The Kier molecular flexibility index (Phi) is 11.6. The Morgan fingerprint density at radius 1 is 0.769 bits per heavy atom. The lowest BCUT2D eigenvalue weighted by Gasteiger charge is -2.75. The van der Waals surface area contributed by atoms with Gasteiger partial charge in [-0.05, 0) is 61.6 Å². The van der Waals surface area contributed by atoms with E-state index in [1.54, 1.807) is 7.11 Å². The molecule has 0 amide bonds. The average molecular weight is 722 g/mol. The first kappa shape index (κ1) is 36.8. The van der Waals surface area contributed by atoms with Crippen LogP contribution in [-0.2, 0) is 56.3 Å². The molecule has 4 bridgehead atoms. The van der Waals surface area contributed by atoms with Crippen LogP contribution in [0.15, 0.2) is 48.5 Å². The molecule has 4 saturated carbocycles. The molecule has 2 aromatic rings. The molecule has 5 fully saturated rings. The zero-order chi connectivity index (χ0) is 35.4. The lowest BCUT2D eigenvalue weighted by Crippen LogP contribution is -2.85. The summed E-state index contributed by atoms with van der Waals surface area (Å²) in [7, 11) is 3.58. The van der Waals surface area contributed by atoms with Crippen LogP contribution in [0.5, 0.6) is 5.75 Å². The van der Waals surface area contributed by atoms with Crippen LogP contribution in [-0.4, -0.2) is 129 Å². The van der Waals surface area contributed by atoms with Crippen LogP contribution in [0.25, 0.3) is 0 Å². The maximum atomic E-state index is 7.24. The van der Waals surface area contributed by atoms with Crippen LogP contribution in [0.4, 0.5) is 0 Å². The van der Waals surface area contributed by atoms with Gasteiger partial charge in [0.1, 0.15) is 17.5 Å². The lowest BCUT2D eigenvalue weighted by atomic mass is 9.34. The minimum atomic E-state index is -0.453. The van der Waals surface area contributed by atoms with Gasteiger partial charge in [-0.25, -0.2) is 0 Å². The molecule has 5 aliphatic carbocycles.